The Morgan fingerprint density at radius 3 is 2.91 bits per heavy atom. The minimum absolute atomic E-state index is 0.0135. The van der Waals surface area contributed by atoms with E-state index < -0.39 is 5.82 Å². The number of nitrogens with zero attached hydrogens (tertiary/aromatic N) is 3. The number of benzene rings is 2. The lowest BCUT2D eigenvalue weighted by Crippen LogP contribution is -2.19. The number of carbonyl (C=O) groups excluding carboxylic acids is 1. The van der Waals surface area contributed by atoms with E-state index in [0.29, 0.717) is 41.6 Å². The van der Waals surface area contributed by atoms with Crippen LogP contribution in [-0.4, -0.2) is 60.7 Å². The van der Waals surface area contributed by atoms with Crippen LogP contribution in [0.25, 0.3) is 10.9 Å². The summed E-state index contributed by atoms with van der Waals surface area (Å²) < 4.78 is 25.4. The van der Waals surface area contributed by atoms with Gasteiger partial charge in [-0.3, -0.25) is 4.79 Å². The summed E-state index contributed by atoms with van der Waals surface area (Å²) >= 11 is 5.93. The molecule has 3 aromatic rings. The van der Waals surface area contributed by atoms with Crippen molar-refractivity contribution in [1.29, 1.82) is 0 Å². The van der Waals surface area contributed by atoms with Gasteiger partial charge >= 0.3 is 0 Å². The zero-order valence-corrected chi connectivity index (χ0v) is 20.3. The molecule has 0 spiro atoms. The van der Waals surface area contributed by atoms with Gasteiger partial charge in [0.05, 0.1) is 22.3 Å². The molecular formula is C25H27ClFN5O3. The molecular weight excluding hydrogens is 473 g/mol. The molecule has 10 heteroatoms. The maximum absolute atomic E-state index is 13.6. The van der Waals surface area contributed by atoms with Crippen molar-refractivity contribution in [3.8, 4) is 5.75 Å². The van der Waals surface area contributed by atoms with E-state index in [4.69, 9.17) is 21.1 Å². The van der Waals surface area contributed by atoms with Gasteiger partial charge in [0.25, 0.3) is 0 Å². The number of aromatic nitrogens is 2. The third-order valence-electron chi connectivity index (χ3n) is 5.48. The number of ether oxygens (including phenoxy) is 2. The highest BCUT2D eigenvalue weighted by Gasteiger charge is 2.18. The number of rotatable bonds is 9. The predicted molar refractivity (Wildman–Crippen MR) is 135 cm³/mol. The van der Waals surface area contributed by atoms with Crippen LogP contribution < -0.4 is 15.4 Å². The zero-order valence-electron chi connectivity index (χ0n) is 19.6. The first-order chi connectivity index (χ1) is 16.9. The smallest absolute Gasteiger partial charge is 0.245 e. The summed E-state index contributed by atoms with van der Waals surface area (Å²) in [5.41, 5.74) is 1.98. The molecule has 0 bridgehead atoms. The molecule has 2 heterocycles. The Morgan fingerprint density at radius 2 is 2.17 bits per heavy atom. The van der Waals surface area contributed by atoms with Crippen LogP contribution in [0.2, 0.25) is 5.02 Å². The molecule has 4 rings (SSSR count). The van der Waals surface area contributed by atoms with Crippen LogP contribution in [0.1, 0.15) is 12.8 Å². The van der Waals surface area contributed by atoms with Crippen LogP contribution in [0.15, 0.2) is 48.8 Å². The lowest BCUT2D eigenvalue weighted by atomic mass is 10.1. The van der Waals surface area contributed by atoms with E-state index in [2.05, 4.69) is 20.6 Å². The van der Waals surface area contributed by atoms with Gasteiger partial charge in [-0.25, -0.2) is 14.4 Å². The number of likely N-dealkylation sites (N-methyl/N-ethyl adjacent to an activating group) is 1. The highest BCUT2D eigenvalue weighted by Crippen LogP contribution is 2.34. The largest absolute Gasteiger partial charge is 0.489 e. The summed E-state index contributed by atoms with van der Waals surface area (Å²) in [6, 6.07) is 8.09. The normalized spacial score (nSPS) is 15.5. The second-order valence-corrected chi connectivity index (χ2v) is 8.71. The van der Waals surface area contributed by atoms with E-state index >= 15 is 0 Å². The van der Waals surface area contributed by atoms with Gasteiger partial charge in [0.2, 0.25) is 5.91 Å². The molecule has 1 aliphatic heterocycles. The Hall–Kier alpha value is -3.43. The van der Waals surface area contributed by atoms with Crippen LogP contribution in [0.4, 0.5) is 21.6 Å². The van der Waals surface area contributed by atoms with Crippen molar-refractivity contribution >= 4 is 45.6 Å². The number of fused-ring (bicyclic) bond motifs is 1. The van der Waals surface area contributed by atoms with Gasteiger partial charge in [0.1, 0.15) is 30.3 Å². The fourth-order valence-corrected chi connectivity index (χ4v) is 3.77. The molecule has 1 saturated heterocycles. The first-order valence-electron chi connectivity index (χ1n) is 11.3. The Morgan fingerprint density at radius 1 is 1.31 bits per heavy atom. The van der Waals surface area contributed by atoms with Crippen LogP contribution in [0.5, 0.6) is 5.75 Å². The van der Waals surface area contributed by atoms with Crippen LogP contribution >= 0.6 is 11.6 Å². The van der Waals surface area contributed by atoms with E-state index in [1.54, 1.807) is 26.2 Å². The van der Waals surface area contributed by atoms with Gasteiger partial charge in [0, 0.05) is 50.5 Å². The molecule has 1 atom stereocenters. The van der Waals surface area contributed by atoms with Gasteiger partial charge in [-0.2, -0.15) is 0 Å². The number of amides is 1. The second kappa shape index (κ2) is 11.3. The van der Waals surface area contributed by atoms with E-state index in [1.165, 1.54) is 29.4 Å². The minimum Gasteiger partial charge on any atom is -0.489 e. The van der Waals surface area contributed by atoms with E-state index in [0.717, 1.165) is 24.8 Å². The molecule has 184 valence electrons. The number of carbonyl (C=O) groups is 1. The summed E-state index contributed by atoms with van der Waals surface area (Å²) in [6.45, 7) is 1.59. The Labute approximate surface area is 208 Å². The summed E-state index contributed by atoms with van der Waals surface area (Å²) in [5, 5.41) is 7.23. The minimum atomic E-state index is -0.495. The first-order valence-corrected chi connectivity index (χ1v) is 11.7. The monoisotopic (exact) mass is 499 g/mol. The molecule has 0 aliphatic carbocycles. The average molecular weight is 500 g/mol. The van der Waals surface area contributed by atoms with Crippen molar-refractivity contribution in [3.05, 3.63) is 59.7 Å². The van der Waals surface area contributed by atoms with Crippen molar-refractivity contribution < 1.29 is 18.7 Å². The number of anilines is 3. The summed E-state index contributed by atoms with van der Waals surface area (Å²) in [4.78, 5) is 22.1. The predicted octanol–water partition coefficient (Wildman–Crippen LogP) is 4.78. The van der Waals surface area contributed by atoms with Gasteiger partial charge in [-0.1, -0.05) is 17.7 Å². The lowest BCUT2D eigenvalue weighted by Gasteiger charge is -2.17. The maximum Gasteiger partial charge on any atom is 0.245 e. The SMILES string of the molecule is CN(C)C(=O)C=CCNc1cc2c(Nc3ccc(F)c(Cl)c3)ncnc2cc1OCC1CCCO1. The molecule has 8 nitrogen and oxygen atoms in total. The van der Waals surface area contributed by atoms with Gasteiger partial charge < -0.3 is 25.0 Å². The third kappa shape index (κ3) is 6.37. The molecule has 1 aromatic heterocycles. The van der Waals surface area contributed by atoms with Crippen molar-refractivity contribution in [3.63, 3.8) is 0 Å². The Kier molecular flexibility index (Phi) is 7.99. The Balaban J connectivity index is 1.62. The molecule has 2 aromatic carbocycles. The fourth-order valence-electron chi connectivity index (χ4n) is 3.59. The maximum atomic E-state index is 13.6. The number of hydrogen-bond acceptors (Lipinski definition) is 7. The number of nitrogens with one attached hydrogen (secondary N) is 2. The van der Waals surface area contributed by atoms with Crippen LogP contribution in [-0.2, 0) is 9.53 Å². The van der Waals surface area contributed by atoms with Crippen LogP contribution in [0.3, 0.4) is 0 Å². The lowest BCUT2D eigenvalue weighted by molar-refractivity contribution is -0.123. The van der Waals surface area contributed by atoms with Crippen LogP contribution in [0, 0.1) is 5.82 Å². The second-order valence-electron chi connectivity index (χ2n) is 8.30. The average Bonchev–Trinajstić information content (AvgIpc) is 3.36. The standard InChI is InChI=1S/C25H27ClFN5O3/c1-32(2)24(33)6-3-9-28-22-12-18-21(13-23(22)35-14-17-5-4-10-34-17)29-15-30-25(18)31-16-7-8-20(27)19(26)11-16/h3,6-8,11-13,15,17,28H,4-5,9-10,14H2,1-2H3,(H,29,30,31). The molecule has 1 unspecified atom stereocenters. The highest BCUT2D eigenvalue weighted by molar-refractivity contribution is 6.31. The molecule has 1 amide bonds. The van der Waals surface area contributed by atoms with E-state index in [9.17, 15) is 9.18 Å². The quantitative estimate of drug-likeness (QED) is 0.409. The molecule has 35 heavy (non-hydrogen) atoms. The van der Waals surface area contributed by atoms with Gasteiger partial charge in [-0.05, 0) is 37.1 Å². The summed E-state index contributed by atoms with van der Waals surface area (Å²) in [7, 11) is 3.40. The van der Waals surface area contributed by atoms with Crippen molar-refractivity contribution in [2.75, 3.05) is 44.5 Å². The zero-order chi connectivity index (χ0) is 24.8. The number of hydrogen-bond donors (Lipinski definition) is 2. The number of halogens is 2. The van der Waals surface area contributed by atoms with Crippen molar-refractivity contribution in [2.45, 2.75) is 18.9 Å². The van der Waals surface area contributed by atoms with Crippen molar-refractivity contribution in [2.24, 2.45) is 0 Å². The summed E-state index contributed by atoms with van der Waals surface area (Å²) in [6.07, 6.45) is 6.75. The van der Waals surface area contributed by atoms with E-state index in [1.807, 2.05) is 12.1 Å². The fraction of sp³-hybridized carbons (Fsp3) is 0.320. The molecule has 0 radical (unpaired) electrons. The molecule has 1 fully saturated rings. The van der Waals surface area contributed by atoms with Crippen molar-refractivity contribution in [1.82, 2.24) is 14.9 Å². The van der Waals surface area contributed by atoms with Gasteiger partial charge in [0.15, 0.2) is 0 Å². The molecule has 0 saturated carbocycles. The third-order valence-corrected chi connectivity index (χ3v) is 5.77. The van der Waals surface area contributed by atoms with Gasteiger partial charge in [-0.15, -0.1) is 0 Å². The highest BCUT2D eigenvalue weighted by atomic mass is 35.5. The van der Waals surface area contributed by atoms with E-state index in [-0.39, 0.29) is 17.0 Å². The summed E-state index contributed by atoms with van der Waals surface area (Å²) in [5.74, 6) is 0.558. The Bertz CT molecular complexity index is 1230. The molecule has 2 N–H and O–H groups in total. The molecule has 1 aliphatic rings. The topological polar surface area (TPSA) is 88.6 Å². The first kappa shape index (κ1) is 24.7.